The van der Waals surface area contributed by atoms with Gasteiger partial charge in [-0.15, -0.1) is 0 Å². The van der Waals surface area contributed by atoms with Crippen LogP contribution in [0.2, 0.25) is 0 Å². The molecule has 98 valence electrons. The molecule has 1 aromatic carbocycles. The molecule has 0 fully saturated rings. The highest BCUT2D eigenvalue weighted by atomic mass is 32.3. The molecule has 0 aromatic heterocycles. The van der Waals surface area contributed by atoms with Gasteiger partial charge in [0, 0.05) is 12.0 Å². The average Bonchev–Trinajstić information content (AvgIpc) is 2.15. The first-order valence-corrected chi connectivity index (χ1v) is 6.43. The zero-order valence-corrected chi connectivity index (χ0v) is 11.0. The summed E-state index contributed by atoms with van der Waals surface area (Å²) in [6.45, 7) is 7.18. The molecule has 5 nitrogen and oxygen atoms in total. The smallest absolute Gasteiger partial charge is 0.330 e. The van der Waals surface area contributed by atoms with Crippen molar-refractivity contribution in [1.82, 2.24) is 0 Å². The molecule has 4 N–H and O–H groups in total. The van der Waals surface area contributed by atoms with Crippen LogP contribution in [0.1, 0.15) is 25.0 Å². The van der Waals surface area contributed by atoms with Crippen molar-refractivity contribution in [2.24, 2.45) is 5.73 Å². The standard InChI is InChI=1S/C11H17N.H2O4S/c1-9-6-4-5-7-10(9)11(2,3)8-12;1-5(2,3)4/h4-7H,8,12H2,1-3H3;(H2,1,2,3,4). The zero-order chi connectivity index (χ0) is 13.7. The predicted molar refractivity (Wildman–Crippen MR) is 67.4 cm³/mol. The van der Waals surface area contributed by atoms with E-state index in [-0.39, 0.29) is 5.41 Å². The van der Waals surface area contributed by atoms with Crippen molar-refractivity contribution in [2.75, 3.05) is 6.54 Å². The Kier molecular flexibility index (Phi) is 5.77. The van der Waals surface area contributed by atoms with Gasteiger partial charge in [0.05, 0.1) is 0 Å². The molecular weight excluding hydrogens is 242 g/mol. The van der Waals surface area contributed by atoms with Crippen molar-refractivity contribution < 1.29 is 17.5 Å². The van der Waals surface area contributed by atoms with Crippen molar-refractivity contribution in [3.8, 4) is 0 Å². The van der Waals surface area contributed by atoms with Crippen molar-refractivity contribution >= 4 is 10.4 Å². The third kappa shape index (κ3) is 7.06. The summed E-state index contributed by atoms with van der Waals surface area (Å²) in [5.74, 6) is 0. The lowest BCUT2D eigenvalue weighted by Crippen LogP contribution is -2.28. The molecule has 0 amide bonds. The van der Waals surface area contributed by atoms with Crippen LogP contribution >= 0.6 is 0 Å². The number of hydrogen-bond acceptors (Lipinski definition) is 3. The second kappa shape index (κ2) is 6.11. The molecule has 0 saturated heterocycles. The van der Waals surface area contributed by atoms with E-state index in [1.165, 1.54) is 11.1 Å². The van der Waals surface area contributed by atoms with E-state index in [1.54, 1.807) is 0 Å². The van der Waals surface area contributed by atoms with E-state index in [4.69, 9.17) is 23.3 Å². The van der Waals surface area contributed by atoms with Crippen molar-refractivity contribution in [1.29, 1.82) is 0 Å². The summed E-state index contributed by atoms with van der Waals surface area (Å²) in [5.41, 5.74) is 8.49. The third-order valence-corrected chi connectivity index (χ3v) is 2.38. The molecule has 0 aliphatic rings. The van der Waals surface area contributed by atoms with Crippen LogP contribution in [0.15, 0.2) is 24.3 Å². The van der Waals surface area contributed by atoms with Crippen LogP contribution in [0, 0.1) is 6.92 Å². The second-order valence-corrected chi connectivity index (χ2v) is 5.25. The Bertz CT molecular complexity index is 446. The van der Waals surface area contributed by atoms with Crippen LogP contribution in [-0.4, -0.2) is 24.1 Å². The fraction of sp³-hybridized carbons (Fsp3) is 0.455. The van der Waals surface area contributed by atoms with E-state index in [0.29, 0.717) is 6.54 Å². The summed E-state index contributed by atoms with van der Waals surface area (Å²) < 4.78 is 31.6. The average molecular weight is 261 g/mol. The van der Waals surface area contributed by atoms with Crippen LogP contribution in [0.25, 0.3) is 0 Å². The van der Waals surface area contributed by atoms with E-state index < -0.39 is 10.4 Å². The van der Waals surface area contributed by atoms with Gasteiger partial charge in [0.25, 0.3) is 0 Å². The Morgan fingerprint density at radius 1 is 1.24 bits per heavy atom. The minimum atomic E-state index is -4.67. The molecule has 17 heavy (non-hydrogen) atoms. The van der Waals surface area contributed by atoms with Crippen LogP contribution in [0.3, 0.4) is 0 Å². The summed E-state index contributed by atoms with van der Waals surface area (Å²) >= 11 is 0. The van der Waals surface area contributed by atoms with Crippen molar-refractivity contribution in [3.63, 3.8) is 0 Å². The van der Waals surface area contributed by atoms with Gasteiger partial charge in [-0.25, -0.2) is 0 Å². The maximum absolute atomic E-state index is 8.74. The van der Waals surface area contributed by atoms with Gasteiger partial charge in [-0.2, -0.15) is 8.42 Å². The summed E-state index contributed by atoms with van der Waals surface area (Å²) in [7, 11) is -4.67. The van der Waals surface area contributed by atoms with Gasteiger partial charge in [0.1, 0.15) is 0 Å². The van der Waals surface area contributed by atoms with Crippen LogP contribution < -0.4 is 5.73 Å². The minimum absolute atomic E-state index is 0.103. The molecule has 0 heterocycles. The molecule has 0 saturated carbocycles. The third-order valence-electron chi connectivity index (χ3n) is 2.38. The molecule has 0 unspecified atom stereocenters. The van der Waals surface area contributed by atoms with Gasteiger partial charge in [-0.05, 0) is 18.1 Å². The molecule has 0 aliphatic heterocycles. The van der Waals surface area contributed by atoms with Gasteiger partial charge in [0.15, 0.2) is 0 Å². The van der Waals surface area contributed by atoms with Gasteiger partial charge >= 0.3 is 10.4 Å². The molecule has 1 rings (SSSR count). The summed E-state index contributed by atoms with van der Waals surface area (Å²) in [6, 6.07) is 8.42. The number of hydrogen-bond donors (Lipinski definition) is 3. The summed E-state index contributed by atoms with van der Waals surface area (Å²) in [6.07, 6.45) is 0. The van der Waals surface area contributed by atoms with E-state index in [9.17, 15) is 0 Å². The highest BCUT2D eigenvalue weighted by Gasteiger charge is 2.19. The first-order valence-electron chi connectivity index (χ1n) is 5.04. The quantitative estimate of drug-likeness (QED) is 0.702. The Morgan fingerprint density at radius 3 is 2.00 bits per heavy atom. The highest BCUT2D eigenvalue weighted by molar-refractivity contribution is 7.79. The summed E-state index contributed by atoms with van der Waals surface area (Å²) in [5, 5.41) is 0. The van der Waals surface area contributed by atoms with E-state index in [1.807, 2.05) is 0 Å². The fourth-order valence-electron chi connectivity index (χ4n) is 1.44. The minimum Gasteiger partial charge on any atom is -0.330 e. The first-order chi connectivity index (χ1) is 7.58. The van der Waals surface area contributed by atoms with E-state index in [0.717, 1.165) is 0 Å². The zero-order valence-electron chi connectivity index (χ0n) is 10.2. The Morgan fingerprint density at radius 2 is 1.65 bits per heavy atom. The highest BCUT2D eigenvalue weighted by Crippen LogP contribution is 2.24. The van der Waals surface area contributed by atoms with E-state index in [2.05, 4.69) is 45.0 Å². The number of rotatable bonds is 2. The molecule has 0 radical (unpaired) electrons. The molecule has 0 spiro atoms. The molecule has 6 heteroatoms. The van der Waals surface area contributed by atoms with E-state index >= 15 is 0 Å². The molecule has 0 bridgehead atoms. The van der Waals surface area contributed by atoms with Gasteiger partial charge < -0.3 is 5.73 Å². The fourth-order valence-corrected chi connectivity index (χ4v) is 1.44. The normalized spacial score (nSPS) is 11.6. The Labute approximate surface area is 102 Å². The number of nitrogens with two attached hydrogens (primary N) is 1. The SMILES string of the molecule is Cc1ccccc1C(C)(C)CN.O=S(=O)(O)O. The predicted octanol–water partition coefficient (Wildman–Crippen LogP) is 1.58. The maximum atomic E-state index is 8.74. The lowest BCUT2D eigenvalue weighted by atomic mass is 9.82. The maximum Gasteiger partial charge on any atom is 0.394 e. The topological polar surface area (TPSA) is 101 Å². The molecule has 1 aromatic rings. The summed E-state index contributed by atoms with van der Waals surface area (Å²) in [4.78, 5) is 0. The van der Waals surface area contributed by atoms with Gasteiger partial charge in [0.2, 0.25) is 0 Å². The monoisotopic (exact) mass is 261 g/mol. The molecule has 0 aliphatic carbocycles. The molecule has 0 atom stereocenters. The number of aryl methyl sites for hydroxylation is 1. The van der Waals surface area contributed by atoms with Crippen molar-refractivity contribution in [2.45, 2.75) is 26.2 Å². The first kappa shape index (κ1) is 16.1. The Balaban J connectivity index is 0.000000437. The lowest BCUT2D eigenvalue weighted by Gasteiger charge is -2.24. The molecular formula is C11H19NO4S. The lowest BCUT2D eigenvalue weighted by molar-refractivity contribution is 0.381. The second-order valence-electron chi connectivity index (χ2n) is 4.35. The van der Waals surface area contributed by atoms with Gasteiger partial charge in [-0.3, -0.25) is 9.11 Å². The van der Waals surface area contributed by atoms with Crippen LogP contribution in [0.5, 0.6) is 0 Å². The van der Waals surface area contributed by atoms with Crippen molar-refractivity contribution in [3.05, 3.63) is 35.4 Å². The van der Waals surface area contributed by atoms with Crippen LogP contribution in [-0.2, 0) is 15.8 Å². The largest absolute Gasteiger partial charge is 0.394 e. The number of benzene rings is 1. The Hall–Kier alpha value is -0.950. The van der Waals surface area contributed by atoms with Gasteiger partial charge in [-0.1, -0.05) is 38.1 Å². The van der Waals surface area contributed by atoms with Crippen LogP contribution in [0.4, 0.5) is 0 Å².